The highest BCUT2D eigenvalue weighted by Crippen LogP contribution is 2.18. The van der Waals surface area contributed by atoms with Crippen LogP contribution >= 0.6 is 0 Å². The van der Waals surface area contributed by atoms with Gasteiger partial charge in [0.25, 0.3) is 0 Å². The molecule has 1 aromatic carbocycles. The largest absolute Gasteiger partial charge is 0.396 e. The number of carbonyl (C=O) groups excluding carboxylic acids is 1. The summed E-state index contributed by atoms with van der Waals surface area (Å²) < 4.78 is 0. The highest BCUT2D eigenvalue weighted by atomic mass is 16.3. The molecule has 1 aromatic rings. The Kier molecular flexibility index (Phi) is 4.46. The van der Waals surface area contributed by atoms with Crippen LogP contribution in [0.1, 0.15) is 25.0 Å². The number of ketones is 1. The predicted octanol–water partition coefficient (Wildman–Crippen LogP) is 1.31. The van der Waals surface area contributed by atoms with Gasteiger partial charge >= 0.3 is 0 Å². The highest BCUT2D eigenvalue weighted by Gasteiger charge is 2.17. The topological polar surface area (TPSA) is 57.5 Å². The van der Waals surface area contributed by atoms with E-state index in [1.54, 1.807) is 19.1 Å². The standard InChI is InChI=1S/C12H16O3/c1-9(8-13)11(14)7-12(15)10-5-3-2-4-6-10/h2-6,9,12-13,15H,7-8H2,1H3. The van der Waals surface area contributed by atoms with Crippen molar-refractivity contribution in [3.8, 4) is 0 Å². The lowest BCUT2D eigenvalue weighted by Crippen LogP contribution is -2.17. The lowest BCUT2D eigenvalue weighted by Gasteiger charge is -2.12. The predicted molar refractivity (Wildman–Crippen MR) is 57.3 cm³/mol. The van der Waals surface area contributed by atoms with E-state index in [-0.39, 0.29) is 18.8 Å². The molecule has 2 atom stereocenters. The van der Waals surface area contributed by atoms with Crippen LogP contribution in [0.15, 0.2) is 30.3 Å². The molecule has 0 radical (unpaired) electrons. The second-order valence-corrected chi connectivity index (χ2v) is 3.68. The Hall–Kier alpha value is -1.19. The quantitative estimate of drug-likeness (QED) is 0.767. The summed E-state index contributed by atoms with van der Waals surface area (Å²) in [5.41, 5.74) is 0.732. The van der Waals surface area contributed by atoms with E-state index in [2.05, 4.69) is 0 Å². The van der Waals surface area contributed by atoms with Crippen molar-refractivity contribution in [3.63, 3.8) is 0 Å². The van der Waals surface area contributed by atoms with Crippen LogP contribution in [0.2, 0.25) is 0 Å². The molecule has 0 fully saturated rings. The van der Waals surface area contributed by atoms with Crippen LogP contribution in [-0.4, -0.2) is 22.6 Å². The zero-order valence-electron chi connectivity index (χ0n) is 8.76. The maximum atomic E-state index is 11.4. The molecule has 0 saturated carbocycles. The summed E-state index contributed by atoms with van der Waals surface area (Å²) in [5.74, 6) is -0.516. The van der Waals surface area contributed by atoms with Crippen molar-refractivity contribution in [1.82, 2.24) is 0 Å². The minimum Gasteiger partial charge on any atom is -0.396 e. The Morgan fingerprint density at radius 3 is 2.47 bits per heavy atom. The van der Waals surface area contributed by atoms with Gasteiger partial charge in [0.2, 0.25) is 0 Å². The molecule has 15 heavy (non-hydrogen) atoms. The van der Waals surface area contributed by atoms with Gasteiger partial charge in [0, 0.05) is 12.3 Å². The first-order valence-electron chi connectivity index (χ1n) is 5.01. The van der Waals surface area contributed by atoms with Crippen LogP contribution in [0.25, 0.3) is 0 Å². The SMILES string of the molecule is CC(CO)C(=O)CC(O)c1ccccc1. The van der Waals surface area contributed by atoms with Gasteiger partial charge in [-0.05, 0) is 5.56 Å². The van der Waals surface area contributed by atoms with Crippen LogP contribution in [0, 0.1) is 5.92 Å². The monoisotopic (exact) mass is 208 g/mol. The molecular formula is C12H16O3. The number of hydrogen-bond acceptors (Lipinski definition) is 3. The molecule has 82 valence electrons. The smallest absolute Gasteiger partial charge is 0.140 e. The van der Waals surface area contributed by atoms with E-state index >= 15 is 0 Å². The Morgan fingerprint density at radius 1 is 1.33 bits per heavy atom. The van der Waals surface area contributed by atoms with E-state index in [0.29, 0.717) is 0 Å². The average Bonchev–Trinajstić information content (AvgIpc) is 2.29. The summed E-state index contributed by atoms with van der Waals surface area (Å²) >= 11 is 0. The summed E-state index contributed by atoms with van der Waals surface area (Å²) in [6, 6.07) is 9.05. The molecule has 0 amide bonds. The lowest BCUT2D eigenvalue weighted by atomic mass is 9.98. The van der Waals surface area contributed by atoms with Gasteiger partial charge in [0.05, 0.1) is 12.7 Å². The van der Waals surface area contributed by atoms with Crippen molar-refractivity contribution in [2.75, 3.05) is 6.61 Å². The van der Waals surface area contributed by atoms with Gasteiger partial charge in [-0.2, -0.15) is 0 Å². The van der Waals surface area contributed by atoms with Crippen LogP contribution in [0.4, 0.5) is 0 Å². The summed E-state index contributed by atoms with van der Waals surface area (Å²) in [6.07, 6.45) is -0.709. The summed E-state index contributed by atoms with van der Waals surface area (Å²) in [7, 11) is 0. The minimum atomic E-state index is -0.771. The van der Waals surface area contributed by atoms with Gasteiger partial charge in [0.1, 0.15) is 5.78 Å². The Balaban J connectivity index is 2.56. The molecule has 0 bridgehead atoms. The van der Waals surface area contributed by atoms with Crippen LogP contribution in [0.3, 0.4) is 0 Å². The first-order valence-corrected chi connectivity index (χ1v) is 5.01. The maximum Gasteiger partial charge on any atom is 0.140 e. The number of rotatable bonds is 5. The Bertz CT molecular complexity index is 308. The molecule has 2 N–H and O–H groups in total. The number of aliphatic hydroxyl groups is 2. The fourth-order valence-corrected chi connectivity index (χ4v) is 1.29. The van der Waals surface area contributed by atoms with Crippen molar-refractivity contribution >= 4 is 5.78 Å². The third-order valence-corrected chi connectivity index (χ3v) is 2.40. The van der Waals surface area contributed by atoms with Gasteiger partial charge in [-0.15, -0.1) is 0 Å². The molecule has 0 aliphatic heterocycles. The van der Waals surface area contributed by atoms with E-state index < -0.39 is 12.0 Å². The molecule has 3 nitrogen and oxygen atoms in total. The summed E-state index contributed by atoms with van der Waals surface area (Å²) in [5, 5.41) is 18.5. The van der Waals surface area contributed by atoms with Crippen molar-refractivity contribution < 1.29 is 15.0 Å². The molecule has 2 unspecified atom stereocenters. The number of carbonyl (C=O) groups is 1. The van der Waals surface area contributed by atoms with E-state index in [1.165, 1.54) is 0 Å². The van der Waals surface area contributed by atoms with Gasteiger partial charge in [0.15, 0.2) is 0 Å². The fraction of sp³-hybridized carbons (Fsp3) is 0.417. The van der Waals surface area contributed by atoms with Crippen molar-refractivity contribution in [3.05, 3.63) is 35.9 Å². The third-order valence-electron chi connectivity index (χ3n) is 2.40. The van der Waals surface area contributed by atoms with E-state index in [1.807, 2.05) is 18.2 Å². The first-order chi connectivity index (χ1) is 7.15. The van der Waals surface area contributed by atoms with Crippen LogP contribution < -0.4 is 0 Å². The van der Waals surface area contributed by atoms with Crippen molar-refractivity contribution in [2.24, 2.45) is 5.92 Å². The maximum absolute atomic E-state index is 11.4. The third kappa shape index (κ3) is 3.46. The molecule has 0 aliphatic carbocycles. The van der Waals surface area contributed by atoms with Crippen molar-refractivity contribution in [2.45, 2.75) is 19.4 Å². The molecule has 0 spiro atoms. The molecular weight excluding hydrogens is 192 g/mol. The molecule has 0 aliphatic rings. The van der Waals surface area contributed by atoms with Gasteiger partial charge in [-0.1, -0.05) is 37.3 Å². The van der Waals surface area contributed by atoms with E-state index in [4.69, 9.17) is 5.11 Å². The molecule has 3 heteroatoms. The zero-order valence-corrected chi connectivity index (χ0v) is 8.76. The molecule has 0 aromatic heterocycles. The summed E-state index contributed by atoms with van der Waals surface area (Å²) in [4.78, 5) is 11.4. The van der Waals surface area contributed by atoms with Gasteiger partial charge in [-0.25, -0.2) is 0 Å². The molecule has 0 saturated heterocycles. The Labute approximate surface area is 89.4 Å². The van der Waals surface area contributed by atoms with Crippen LogP contribution in [0.5, 0.6) is 0 Å². The minimum absolute atomic E-state index is 0.0612. The summed E-state index contributed by atoms with van der Waals surface area (Å²) in [6.45, 7) is 1.49. The van der Waals surface area contributed by atoms with Gasteiger partial charge in [-0.3, -0.25) is 4.79 Å². The number of aliphatic hydroxyl groups excluding tert-OH is 2. The first kappa shape index (κ1) is 11.9. The van der Waals surface area contributed by atoms with Crippen molar-refractivity contribution in [1.29, 1.82) is 0 Å². The van der Waals surface area contributed by atoms with E-state index in [9.17, 15) is 9.90 Å². The number of hydrogen-bond donors (Lipinski definition) is 2. The Morgan fingerprint density at radius 2 is 1.93 bits per heavy atom. The van der Waals surface area contributed by atoms with Crippen LogP contribution in [-0.2, 0) is 4.79 Å². The van der Waals surface area contributed by atoms with E-state index in [0.717, 1.165) is 5.56 Å². The lowest BCUT2D eigenvalue weighted by molar-refractivity contribution is -0.125. The normalized spacial score (nSPS) is 14.6. The molecule has 0 heterocycles. The zero-order chi connectivity index (χ0) is 11.3. The fourth-order valence-electron chi connectivity index (χ4n) is 1.29. The second-order valence-electron chi connectivity index (χ2n) is 3.68. The molecule has 1 rings (SSSR count). The number of Topliss-reactive ketones (excluding diaryl/α,β-unsaturated/α-hetero) is 1. The second kappa shape index (κ2) is 5.63. The average molecular weight is 208 g/mol. The highest BCUT2D eigenvalue weighted by molar-refractivity contribution is 5.81. The van der Waals surface area contributed by atoms with Gasteiger partial charge < -0.3 is 10.2 Å². The number of benzene rings is 1.